The summed E-state index contributed by atoms with van der Waals surface area (Å²) < 4.78 is 33.0. The molecule has 0 aliphatic heterocycles. The third-order valence-corrected chi connectivity index (χ3v) is 1.60. The number of hydrogen-bond donors (Lipinski definition) is 0. The van der Waals surface area contributed by atoms with Crippen LogP contribution < -0.4 is 4.74 Å². The second kappa shape index (κ2) is 5.99. The summed E-state index contributed by atoms with van der Waals surface area (Å²) in [5.41, 5.74) is 0.256. The van der Waals surface area contributed by atoms with E-state index in [1.165, 1.54) is 18.3 Å². The van der Waals surface area contributed by atoms with Crippen LogP contribution >= 0.6 is 0 Å². The van der Waals surface area contributed by atoms with Crippen molar-refractivity contribution < 1.29 is 23.0 Å². The van der Waals surface area contributed by atoms with Gasteiger partial charge in [-0.3, -0.25) is 0 Å². The summed E-state index contributed by atoms with van der Waals surface area (Å²) >= 11 is 0. The number of rotatable bonds is 5. The molecule has 0 amide bonds. The lowest BCUT2D eigenvalue weighted by molar-refractivity contribution is 0.0525. The second-order valence-corrected chi connectivity index (χ2v) is 2.81. The van der Waals surface area contributed by atoms with Gasteiger partial charge in [0, 0.05) is 12.3 Å². The van der Waals surface area contributed by atoms with Gasteiger partial charge in [-0.1, -0.05) is 0 Å². The van der Waals surface area contributed by atoms with Crippen molar-refractivity contribution in [3.8, 4) is 5.88 Å². The number of ether oxygens (including phenoxy) is 2. The number of esters is 1. The highest BCUT2D eigenvalue weighted by Gasteiger charge is 2.08. The Morgan fingerprint density at radius 1 is 1.50 bits per heavy atom. The fraction of sp³-hybridized carbons (Fsp3) is 0.400. The largest absolute Gasteiger partial charge is 0.472 e. The van der Waals surface area contributed by atoms with Crippen LogP contribution in [-0.2, 0) is 4.74 Å². The summed E-state index contributed by atoms with van der Waals surface area (Å²) in [5.74, 6) is -0.455. The molecule has 0 saturated heterocycles. The van der Waals surface area contributed by atoms with E-state index in [2.05, 4.69) is 9.72 Å². The molecule has 88 valence electrons. The predicted octanol–water partition coefficient (Wildman–Crippen LogP) is 1.90. The van der Waals surface area contributed by atoms with Gasteiger partial charge in [0.2, 0.25) is 5.88 Å². The lowest BCUT2D eigenvalue weighted by atomic mass is 10.3. The van der Waals surface area contributed by atoms with Crippen LogP contribution in [0, 0.1) is 0 Å². The summed E-state index contributed by atoms with van der Waals surface area (Å²) in [7, 11) is 0. The van der Waals surface area contributed by atoms with Gasteiger partial charge in [0.25, 0.3) is 6.43 Å². The van der Waals surface area contributed by atoms with Gasteiger partial charge in [-0.05, 0) is 13.0 Å². The van der Waals surface area contributed by atoms with E-state index in [0.29, 0.717) is 0 Å². The van der Waals surface area contributed by atoms with Crippen LogP contribution in [0.2, 0.25) is 0 Å². The number of aromatic nitrogens is 1. The van der Waals surface area contributed by atoms with Crippen LogP contribution in [-0.4, -0.2) is 30.6 Å². The Bertz CT molecular complexity index is 340. The molecule has 0 saturated carbocycles. The van der Waals surface area contributed by atoms with Crippen molar-refractivity contribution in [2.45, 2.75) is 13.3 Å². The lowest BCUT2D eigenvalue weighted by Gasteiger charge is -2.05. The summed E-state index contributed by atoms with van der Waals surface area (Å²) in [4.78, 5) is 14.9. The highest BCUT2D eigenvalue weighted by Crippen LogP contribution is 2.09. The van der Waals surface area contributed by atoms with Crippen LogP contribution in [0.25, 0.3) is 0 Å². The summed E-state index contributed by atoms with van der Waals surface area (Å²) in [6.07, 6.45) is -1.33. The maximum absolute atomic E-state index is 11.8. The standard InChI is InChI=1S/C10H11F2NO3/c1-2-15-10(14)7-3-4-9(13-5-7)16-6-8(11)12/h3-5,8H,2,6H2,1H3. The monoisotopic (exact) mass is 231 g/mol. The minimum Gasteiger partial charge on any atom is -0.472 e. The number of pyridine rings is 1. The molecule has 0 fully saturated rings. The average Bonchev–Trinajstić information content (AvgIpc) is 2.27. The molecule has 0 unspecified atom stereocenters. The predicted molar refractivity (Wildman–Crippen MR) is 51.7 cm³/mol. The number of alkyl halides is 2. The minimum atomic E-state index is -2.55. The summed E-state index contributed by atoms with van der Waals surface area (Å²) in [6, 6.07) is 2.75. The molecule has 16 heavy (non-hydrogen) atoms. The van der Waals surface area contributed by atoms with E-state index >= 15 is 0 Å². The average molecular weight is 231 g/mol. The zero-order chi connectivity index (χ0) is 12.0. The van der Waals surface area contributed by atoms with Gasteiger partial charge in [-0.2, -0.15) is 0 Å². The zero-order valence-corrected chi connectivity index (χ0v) is 8.65. The van der Waals surface area contributed by atoms with E-state index in [4.69, 9.17) is 4.74 Å². The van der Waals surface area contributed by atoms with Crippen LogP contribution in [0.1, 0.15) is 17.3 Å². The van der Waals surface area contributed by atoms with Gasteiger partial charge >= 0.3 is 5.97 Å². The maximum atomic E-state index is 11.8. The van der Waals surface area contributed by atoms with Crippen LogP contribution in [0.15, 0.2) is 18.3 Å². The van der Waals surface area contributed by atoms with E-state index in [1.807, 2.05) is 0 Å². The van der Waals surface area contributed by atoms with Crippen LogP contribution in [0.4, 0.5) is 8.78 Å². The van der Waals surface area contributed by atoms with Crippen LogP contribution in [0.3, 0.4) is 0 Å². The molecule has 0 radical (unpaired) electrons. The first kappa shape index (κ1) is 12.4. The highest BCUT2D eigenvalue weighted by molar-refractivity contribution is 5.89. The van der Waals surface area contributed by atoms with Crippen molar-refractivity contribution in [1.82, 2.24) is 4.98 Å². The number of carbonyl (C=O) groups is 1. The van der Waals surface area contributed by atoms with Crippen LogP contribution in [0.5, 0.6) is 5.88 Å². The number of hydrogen-bond acceptors (Lipinski definition) is 4. The Hall–Kier alpha value is -1.72. The molecule has 0 aromatic carbocycles. The Balaban J connectivity index is 2.57. The Morgan fingerprint density at radius 3 is 2.75 bits per heavy atom. The lowest BCUT2D eigenvalue weighted by Crippen LogP contribution is -2.09. The second-order valence-electron chi connectivity index (χ2n) is 2.81. The maximum Gasteiger partial charge on any atom is 0.339 e. The van der Waals surface area contributed by atoms with Crippen molar-refractivity contribution in [3.63, 3.8) is 0 Å². The molecule has 1 aromatic heterocycles. The normalized spacial score (nSPS) is 10.2. The molecule has 0 atom stereocenters. The third-order valence-electron chi connectivity index (χ3n) is 1.60. The molecular formula is C10H11F2NO3. The zero-order valence-electron chi connectivity index (χ0n) is 8.65. The Labute approximate surface area is 91.2 Å². The Kier molecular flexibility index (Phi) is 4.63. The molecule has 0 N–H and O–H groups in total. The van der Waals surface area contributed by atoms with Gasteiger partial charge in [-0.15, -0.1) is 0 Å². The fourth-order valence-electron chi connectivity index (χ4n) is 0.949. The quantitative estimate of drug-likeness (QED) is 0.726. The first-order valence-electron chi connectivity index (χ1n) is 4.67. The first-order chi connectivity index (χ1) is 7.63. The van der Waals surface area contributed by atoms with E-state index in [-0.39, 0.29) is 18.1 Å². The van der Waals surface area contributed by atoms with Crippen molar-refractivity contribution in [1.29, 1.82) is 0 Å². The van der Waals surface area contributed by atoms with E-state index in [1.54, 1.807) is 6.92 Å². The first-order valence-corrected chi connectivity index (χ1v) is 4.67. The smallest absolute Gasteiger partial charge is 0.339 e. The molecule has 4 nitrogen and oxygen atoms in total. The SMILES string of the molecule is CCOC(=O)c1ccc(OCC(F)F)nc1. The molecule has 0 aliphatic rings. The van der Waals surface area contributed by atoms with Gasteiger partial charge in [0.15, 0.2) is 6.61 Å². The summed E-state index contributed by atoms with van der Waals surface area (Å²) in [5, 5.41) is 0. The van der Waals surface area contributed by atoms with Gasteiger partial charge in [0.1, 0.15) is 0 Å². The fourth-order valence-corrected chi connectivity index (χ4v) is 0.949. The van der Waals surface area contributed by atoms with Crippen molar-refractivity contribution in [3.05, 3.63) is 23.9 Å². The van der Waals surface area contributed by atoms with E-state index in [0.717, 1.165) is 0 Å². The molecule has 0 spiro atoms. The molecule has 1 rings (SSSR count). The van der Waals surface area contributed by atoms with Gasteiger partial charge in [-0.25, -0.2) is 18.6 Å². The minimum absolute atomic E-state index is 0.0494. The topological polar surface area (TPSA) is 48.4 Å². The molecular weight excluding hydrogens is 220 g/mol. The number of nitrogens with zero attached hydrogens (tertiary/aromatic N) is 1. The van der Waals surface area contributed by atoms with E-state index in [9.17, 15) is 13.6 Å². The third kappa shape index (κ3) is 3.80. The molecule has 6 heteroatoms. The number of carbonyl (C=O) groups excluding carboxylic acids is 1. The van der Waals surface area contributed by atoms with Crippen molar-refractivity contribution >= 4 is 5.97 Å². The molecule has 1 heterocycles. The Morgan fingerprint density at radius 2 is 2.25 bits per heavy atom. The molecule has 0 bridgehead atoms. The van der Waals surface area contributed by atoms with E-state index < -0.39 is 19.0 Å². The molecule has 1 aromatic rings. The van der Waals surface area contributed by atoms with Gasteiger partial charge < -0.3 is 9.47 Å². The highest BCUT2D eigenvalue weighted by atomic mass is 19.3. The molecule has 0 aliphatic carbocycles. The number of halogens is 2. The van der Waals surface area contributed by atoms with Gasteiger partial charge in [0.05, 0.1) is 12.2 Å². The van der Waals surface area contributed by atoms with Crippen molar-refractivity contribution in [2.24, 2.45) is 0 Å². The van der Waals surface area contributed by atoms with Crippen molar-refractivity contribution in [2.75, 3.05) is 13.2 Å². The summed E-state index contributed by atoms with van der Waals surface area (Å²) in [6.45, 7) is 1.24.